The Hall–Kier alpha value is -0.590. The van der Waals surface area contributed by atoms with Gasteiger partial charge in [-0.3, -0.25) is 4.79 Å². The van der Waals surface area contributed by atoms with E-state index in [1.807, 2.05) is 0 Å². The molecule has 0 saturated carbocycles. The molecule has 3 N–H and O–H groups in total. The molecule has 1 atom stereocenters. The molecule has 15 heavy (non-hydrogen) atoms. The smallest absolute Gasteiger partial charge is 0.325 e. The van der Waals surface area contributed by atoms with Crippen LogP contribution in [-0.2, 0) is 4.79 Å². The Bertz CT molecular complexity index is 377. The molecule has 0 aliphatic carbocycles. The number of carbonyl (C=O) groups is 1. The third-order valence-electron chi connectivity index (χ3n) is 1.85. The van der Waals surface area contributed by atoms with Gasteiger partial charge in [0.2, 0.25) is 0 Å². The zero-order chi connectivity index (χ0) is 11.6. The molecular formula is C9H9BrFNO2S. The lowest BCUT2D eigenvalue weighted by molar-refractivity contribution is -0.138. The molecule has 0 fully saturated rings. The van der Waals surface area contributed by atoms with Crippen molar-refractivity contribution < 1.29 is 14.3 Å². The van der Waals surface area contributed by atoms with E-state index in [1.165, 1.54) is 17.8 Å². The maximum absolute atomic E-state index is 13.4. The van der Waals surface area contributed by atoms with E-state index in [0.717, 1.165) is 6.07 Å². The molecule has 1 rings (SSSR count). The summed E-state index contributed by atoms with van der Waals surface area (Å²) in [5.41, 5.74) is 5.61. The molecule has 0 amide bonds. The van der Waals surface area contributed by atoms with Crippen molar-refractivity contribution in [2.75, 3.05) is 6.26 Å². The maximum Gasteiger partial charge on any atom is 0.325 e. The highest BCUT2D eigenvalue weighted by molar-refractivity contribution is 9.10. The molecule has 0 spiro atoms. The normalized spacial score (nSPS) is 12.5. The number of aliphatic carboxylic acids is 1. The van der Waals surface area contributed by atoms with Crippen LogP contribution in [0, 0.1) is 5.82 Å². The highest BCUT2D eigenvalue weighted by Crippen LogP contribution is 2.31. The highest BCUT2D eigenvalue weighted by atomic mass is 79.9. The summed E-state index contributed by atoms with van der Waals surface area (Å²) in [5.74, 6) is -1.65. The average Bonchev–Trinajstić information content (AvgIpc) is 2.15. The molecule has 1 unspecified atom stereocenters. The number of benzene rings is 1. The Labute approximate surface area is 99.0 Å². The highest BCUT2D eigenvalue weighted by Gasteiger charge is 2.17. The molecule has 0 heterocycles. The van der Waals surface area contributed by atoms with Crippen molar-refractivity contribution in [1.29, 1.82) is 0 Å². The van der Waals surface area contributed by atoms with Gasteiger partial charge in [-0.05, 0) is 39.9 Å². The van der Waals surface area contributed by atoms with Crippen LogP contribution in [0.25, 0.3) is 0 Å². The van der Waals surface area contributed by atoms with Crippen molar-refractivity contribution in [3.63, 3.8) is 0 Å². The minimum Gasteiger partial charge on any atom is -0.480 e. The number of rotatable bonds is 3. The van der Waals surface area contributed by atoms with Crippen LogP contribution in [0.2, 0.25) is 0 Å². The van der Waals surface area contributed by atoms with Crippen LogP contribution in [0.4, 0.5) is 4.39 Å². The number of thioether (sulfide) groups is 1. The van der Waals surface area contributed by atoms with E-state index >= 15 is 0 Å². The van der Waals surface area contributed by atoms with Gasteiger partial charge < -0.3 is 10.8 Å². The lowest BCUT2D eigenvalue weighted by Crippen LogP contribution is -2.20. The van der Waals surface area contributed by atoms with E-state index in [1.54, 1.807) is 6.26 Å². The summed E-state index contributed by atoms with van der Waals surface area (Å²) >= 11 is 4.41. The first-order valence-corrected chi connectivity index (χ1v) is 6.00. The van der Waals surface area contributed by atoms with Crippen LogP contribution in [0.1, 0.15) is 11.6 Å². The second kappa shape index (κ2) is 4.96. The van der Waals surface area contributed by atoms with Gasteiger partial charge in [-0.25, -0.2) is 4.39 Å². The molecule has 1 aromatic rings. The van der Waals surface area contributed by atoms with Crippen molar-refractivity contribution >= 4 is 33.7 Å². The minimum absolute atomic E-state index is 0.240. The predicted octanol–water partition coefficient (Wildman–Crippen LogP) is 2.39. The summed E-state index contributed by atoms with van der Waals surface area (Å²) in [4.78, 5) is 11.0. The molecular weight excluding hydrogens is 285 g/mol. The van der Waals surface area contributed by atoms with E-state index in [4.69, 9.17) is 10.8 Å². The molecule has 0 saturated heterocycles. The molecule has 0 aliphatic rings. The zero-order valence-electron chi connectivity index (χ0n) is 7.83. The Kier molecular flexibility index (Phi) is 4.12. The van der Waals surface area contributed by atoms with Gasteiger partial charge in [0.25, 0.3) is 0 Å². The van der Waals surface area contributed by atoms with E-state index in [-0.39, 0.29) is 5.56 Å². The Morgan fingerprint density at radius 1 is 1.67 bits per heavy atom. The lowest BCUT2D eigenvalue weighted by atomic mass is 10.1. The summed E-state index contributed by atoms with van der Waals surface area (Å²) < 4.78 is 14.0. The Balaban J connectivity index is 3.19. The van der Waals surface area contributed by atoms with E-state index < -0.39 is 17.8 Å². The van der Waals surface area contributed by atoms with Gasteiger partial charge >= 0.3 is 5.97 Å². The summed E-state index contributed by atoms with van der Waals surface area (Å²) in [6.45, 7) is 0. The van der Waals surface area contributed by atoms with Gasteiger partial charge in [0.05, 0.1) is 4.90 Å². The molecule has 0 aromatic heterocycles. The molecule has 0 radical (unpaired) electrons. The fourth-order valence-corrected chi connectivity index (χ4v) is 2.54. The van der Waals surface area contributed by atoms with Gasteiger partial charge in [0, 0.05) is 4.47 Å². The van der Waals surface area contributed by atoms with Crippen LogP contribution in [0.5, 0.6) is 0 Å². The van der Waals surface area contributed by atoms with E-state index in [0.29, 0.717) is 9.37 Å². The Morgan fingerprint density at radius 2 is 2.27 bits per heavy atom. The number of hydrogen-bond acceptors (Lipinski definition) is 3. The summed E-state index contributed by atoms with van der Waals surface area (Å²) in [6.07, 6.45) is 1.74. The van der Waals surface area contributed by atoms with Crippen LogP contribution in [0.15, 0.2) is 21.5 Å². The standard InChI is InChI=1S/C9H9BrFNO2S/c1-15-8-5(10)2-4(3-6(8)11)7(12)9(13)14/h2-3,7H,12H2,1H3,(H,13,14). The fourth-order valence-electron chi connectivity index (χ4n) is 1.10. The Morgan fingerprint density at radius 3 is 2.67 bits per heavy atom. The topological polar surface area (TPSA) is 63.3 Å². The van der Waals surface area contributed by atoms with Crippen molar-refractivity contribution in [2.24, 2.45) is 5.73 Å². The molecule has 1 aromatic carbocycles. The van der Waals surface area contributed by atoms with Crippen molar-refractivity contribution in [2.45, 2.75) is 10.9 Å². The van der Waals surface area contributed by atoms with Crippen molar-refractivity contribution in [3.8, 4) is 0 Å². The molecule has 6 heteroatoms. The number of halogens is 2. The summed E-state index contributed by atoms with van der Waals surface area (Å²) in [6, 6.07) is 1.47. The fraction of sp³-hybridized carbons (Fsp3) is 0.222. The number of carboxylic acids is 1. The van der Waals surface area contributed by atoms with Crippen LogP contribution in [-0.4, -0.2) is 17.3 Å². The first kappa shape index (κ1) is 12.5. The third kappa shape index (κ3) is 2.70. The monoisotopic (exact) mass is 293 g/mol. The largest absolute Gasteiger partial charge is 0.480 e. The van der Waals surface area contributed by atoms with Crippen molar-refractivity contribution in [3.05, 3.63) is 28.0 Å². The quantitative estimate of drug-likeness (QED) is 0.840. The number of carboxylic acid groups (broad SMARTS) is 1. The van der Waals surface area contributed by atoms with Crippen LogP contribution < -0.4 is 5.73 Å². The van der Waals surface area contributed by atoms with Crippen LogP contribution in [0.3, 0.4) is 0 Å². The summed E-state index contributed by atoms with van der Waals surface area (Å²) in [5, 5.41) is 8.68. The molecule has 3 nitrogen and oxygen atoms in total. The maximum atomic E-state index is 13.4. The second-order valence-electron chi connectivity index (χ2n) is 2.83. The first-order valence-electron chi connectivity index (χ1n) is 3.98. The molecule has 0 bridgehead atoms. The van der Waals surface area contributed by atoms with E-state index in [2.05, 4.69) is 15.9 Å². The molecule has 82 valence electrons. The first-order chi connectivity index (χ1) is 6.97. The zero-order valence-corrected chi connectivity index (χ0v) is 10.2. The predicted molar refractivity (Wildman–Crippen MR) is 60.4 cm³/mol. The van der Waals surface area contributed by atoms with Crippen molar-refractivity contribution in [1.82, 2.24) is 0 Å². The van der Waals surface area contributed by atoms with Gasteiger partial charge in [-0.2, -0.15) is 0 Å². The lowest BCUT2D eigenvalue weighted by Gasteiger charge is -2.10. The number of nitrogens with two attached hydrogens (primary N) is 1. The minimum atomic E-state index is -1.20. The second-order valence-corrected chi connectivity index (χ2v) is 4.50. The summed E-state index contributed by atoms with van der Waals surface area (Å²) in [7, 11) is 0. The van der Waals surface area contributed by atoms with E-state index in [9.17, 15) is 9.18 Å². The van der Waals surface area contributed by atoms with Gasteiger partial charge in [0.15, 0.2) is 0 Å². The molecule has 0 aliphatic heterocycles. The van der Waals surface area contributed by atoms with Gasteiger partial charge in [0.1, 0.15) is 11.9 Å². The average molecular weight is 294 g/mol. The van der Waals surface area contributed by atoms with Gasteiger partial charge in [-0.1, -0.05) is 0 Å². The number of hydrogen-bond donors (Lipinski definition) is 2. The van der Waals surface area contributed by atoms with Gasteiger partial charge in [-0.15, -0.1) is 11.8 Å². The SMILES string of the molecule is CSc1c(F)cc(C(N)C(=O)O)cc1Br. The third-order valence-corrected chi connectivity index (χ3v) is 3.56. The van der Waals surface area contributed by atoms with Crippen LogP contribution >= 0.6 is 27.7 Å².